The number of piperidine rings is 1. The Kier molecular flexibility index (Phi) is 7.04. The third-order valence-corrected chi connectivity index (χ3v) is 4.82. The largest absolute Gasteiger partial charge is 0.475 e. The molecule has 8 nitrogen and oxygen atoms in total. The average Bonchev–Trinajstić information content (AvgIpc) is 3.19. The van der Waals surface area contributed by atoms with Crippen LogP contribution in [0.3, 0.4) is 0 Å². The lowest BCUT2D eigenvalue weighted by Gasteiger charge is -2.35. The van der Waals surface area contributed by atoms with Crippen LogP contribution in [-0.4, -0.2) is 74.6 Å². The number of urea groups is 1. The molecule has 2 aliphatic heterocycles. The van der Waals surface area contributed by atoms with Gasteiger partial charge in [0.1, 0.15) is 6.61 Å². The molecular formula is C18H28N4O4. The van der Waals surface area contributed by atoms with Crippen LogP contribution in [0.1, 0.15) is 19.3 Å². The summed E-state index contributed by atoms with van der Waals surface area (Å²) in [5, 5.41) is 5.88. The number of rotatable bonds is 7. The molecule has 0 aliphatic carbocycles. The van der Waals surface area contributed by atoms with Crippen molar-refractivity contribution in [2.24, 2.45) is 0 Å². The Morgan fingerprint density at radius 3 is 2.81 bits per heavy atom. The van der Waals surface area contributed by atoms with Crippen LogP contribution in [0.4, 0.5) is 10.5 Å². The molecule has 2 aliphatic rings. The van der Waals surface area contributed by atoms with E-state index in [1.54, 1.807) is 25.4 Å². The van der Waals surface area contributed by atoms with Crippen molar-refractivity contribution in [3.63, 3.8) is 0 Å². The summed E-state index contributed by atoms with van der Waals surface area (Å²) in [5.41, 5.74) is 0.641. The number of anilines is 1. The SMILES string of the molecule is COCCOc1ccc(NC(=O)NC2CCN([C@H]3CCOC3)CC2)cn1. The maximum atomic E-state index is 12.2. The molecular weight excluding hydrogens is 336 g/mol. The second-order valence-corrected chi connectivity index (χ2v) is 6.65. The average molecular weight is 364 g/mol. The Morgan fingerprint density at radius 2 is 2.15 bits per heavy atom. The Labute approximate surface area is 154 Å². The first-order valence-electron chi connectivity index (χ1n) is 9.21. The summed E-state index contributed by atoms with van der Waals surface area (Å²) in [6.07, 6.45) is 4.64. The van der Waals surface area contributed by atoms with E-state index in [0.717, 1.165) is 45.6 Å². The molecule has 2 saturated heterocycles. The summed E-state index contributed by atoms with van der Waals surface area (Å²) in [4.78, 5) is 18.8. The van der Waals surface area contributed by atoms with Gasteiger partial charge in [0.25, 0.3) is 0 Å². The van der Waals surface area contributed by atoms with E-state index in [9.17, 15) is 4.79 Å². The molecule has 0 bridgehead atoms. The van der Waals surface area contributed by atoms with Crippen molar-refractivity contribution in [2.75, 3.05) is 51.9 Å². The van der Waals surface area contributed by atoms with Crippen molar-refractivity contribution in [2.45, 2.75) is 31.3 Å². The van der Waals surface area contributed by atoms with Gasteiger partial charge in [-0.25, -0.2) is 9.78 Å². The number of methoxy groups -OCH3 is 1. The summed E-state index contributed by atoms with van der Waals surface area (Å²) in [7, 11) is 1.62. The highest BCUT2D eigenvalue weighted by Gasteiger charge is 2.28. The number of nitrogens with zero attached hydrogens (tertiary/aromatic N) is 2. The number of carbonyl (C=O) groups excluding carboxylic acids is 1. The first-order chi connectivity index (χ1) is 12.7. The van der Waals surface area contributed by atoms with Gasteiger partial charge in [-0.3, -0.25) is 4.90 Å². The predicted octanol–water partition coefficient (Wildman–Crippen LogP) is 1.48. The molecule has 0 unspecified atom stereocenters. The summed E-state index contributed by atoms with van der Waals surface area (Å²) < 4.78 is 15.8. The van der Waals surface area contributed by atoms with Crippen molar-refractivity contribution >= 4 is 11.7 Å². The highest BCUT2D eigenvalue weighted by molar-refractivity contribution is 5.89. The van der Waals surface area contributed by atoms with Crippen LogP contribution < -0.4 is 15.4 Å². The number of hydrogen-bond donors (Lipinski definition) is 2. The minimum Gasteiger partial charge on any atom is -0.475 e. The lowest BCUT2D eigenvalue weighted by Crippen LogP contribution is -2.49. The highest BCUT2D eigenvalue weighted by atomic mass is 16.5. The Morgan fingerprint density at radius 1 is 1.31 bits per heavy atom. The fraction of sp³-hybridized carbons (Fsp3) is 0.667. The molecule has 2 fully saturated rings. The molecule has 2 amide bonds. The zero-order chi connectivity index (χ0) is 18.2. The molecule has 0 spiro atoms. The topological polar surface area (TPSA) is 85.0 Å². The summed E-state index contributed by atoms with van der Waals surface area (Å²) in [5.74, 6) is 0.510. The molecule has 26 heavy (non-hydrogen) atoms. The lowest BCUT2D eigenvalue weighted by atomic mass is 10.0. The van der Waals surface area contributed by atoms with Gasteiger partial charge in [0.2, 0.25) is 5.88 Å². The Hall–Kier alpha value is -1.90. The van der Waals surface area contributed by atoms with Gasteiger partial charge in [0.05, 0.1) is 25.1 Å². The Balaban J connectivity index is 1.37. The number of likely N-dealkylation sites (tertiary alicyclic amines) is 1. The van der Waals surface area contributed by atoms with Crippen LogP contribution in [0.5, 0.6) is 5.88 Å². The number of amides is 2. The first-order valence-corrected chi connectivity index (χ1v) is 9.21. The van der Waals surface area contributed by atoms with E-state index >= 15 is 0 Å². The van der Waals surface area contributed by atoms with Crippen molar-refractivity contribution in [1.82, 2.24) is 15.2 Å². The maximum absolute atomic E-state index is 12.2. The smallest absolute Gasteiger partial charge is 0.319 e. The number of carbonyl (C=O) groups is 1. The monoisotopic (exact) mass is 364 g/mol. The molecule has 1 aromatic heterocycles. The van der Waals surface area contributed by atoms with E-state index in [4.69, 9.17) is 14.2 Å². The third kappa shape index (κ3) is 5.55. The van der Waals surface area contributed by atoms with Crippen LogP contribution in [0, 0.1) is 0 Å². The third-order valence-electron chi connectivity index (χ3n) is 4.82. The first kappa shape index (κ1) is 18.9. The molecule has 3 rings (SSSR count). The molecule has 3 heterocycles. The van der Waals surface area contributed by atoms with Crippen molar-refractivity contribution in [3.05, 3.63) is 18.3 Å². The number of aromatic nitrogens is 1. The fourth-order valence-corrected chi connectivity index (χ4v) is 3.34. The van der Waals surface area contributed by atoms with E-state index in [1.807, 2.05) is 0 Å². The van der Waals surface area contributed by atoms with Gasteiger partial charge in [0.15, 0.2) is 0 Å². The van der Waals surface area contributed by atoms with Crippen molar-refractivity contribution < 1.29 is 19.0 Å². The lowest BCUT2D eigenvalue weighted by molar-refractivity contribution is 0.118. The zero-order valence-electron chi connectivity index (χ0n) is 15.3. The fourth-order valence-electron chi connectivity index (χ4n) is 3.34. The minimum atomic E-state index is -0.192. The zero-order valence-corrected chi connectivity index (χ0v) is 15.3. The van der Waals surface area contributed by atoms with Gasteiger partial charge < -0.3 is 24.8 Å². The Bertz CT molecular complexity index is 555. The van der Waals surface area contributed by atoms with Gasteiger partial charge in [-0.05, 0) is 25.3 Å². The van der Waals surface area contributed by atoms with Crippen LogP contribution in [0.15, 0.2) is 18.3 Å². The summed E-state index contributed by atoms with van der Waals surface area (Å²) >= 11 is 0. The molecule has 2 N–H and O–H groups in total. The van der Waals surface area contributed by atoms with E-state index < -0.39 is 0 Å². The van der Waals surface area contributed by atoms with E-state index in [0.29, 0.717) is 30.8 Å². The van der Waals surface area contributed by atoms with Crippen LogP contribution >= 0.6 is 0 Å². The van der Waals surface area contributed by atoms with Gasteiger partial charge in [-0.1, -0.05) is 0 Å². The van der Waals surface area contributed by atoms with E-state index in [-0.39, 0.29) is 12.1 Å². The van der Waals surface area contributed by atoms with Gasteiger partial charge >= 0.3 is 6.03 Å². The summed E-state index contributed by atoms with van der Waals surface area (Å²) in [6, 6.07) is 4.08. The van der Waals surface area contributed by atoms with Crippen LogP contribution in [0.25, 0.3) is 0 Å². The predicted molar refractivity (Wildman–Crippen MR) is 97.6 cm³/mol. The normalized spacial score (nSPS) is 21.5. The van der Waals surface area contributed by atoms with Crippen LogP contribution in [0.2, 0.25) is 0 Å². The molecule has 8 heteroatoms. The van der Waals surface area contributed by atoms with E-state index in [2.05, 4.69) is 20.5 Å². The highest BCUT2D eigenvalue weighted by Crippen LogP contribution is 2.19. The van der Waals surface area contributed by atoms with E-state index in [1.165, 1.54) is 0 Å². The number of hydrogen-bond acceptors (Lipinski definition) is 6. The molecule has 0 radical (unpaired) electrons. The van der Waals surface area contributed by atoms with Crippen molar-refractivity contribution in [3.8, 4) is 5.88 Å². The number of nitrogens with one attached hydrogen (secondary N) is 2. The molecule has 1 atom stereocenters. The standard InChI is InChI=1S/C18H28N4O4/c1-24-10-11-26-17-3-2-15(12-19-17)21-18(23)20-14-4-7-22(8-5-14)16-6-9-25-13-16/h2-3,12,14,16H,4-11,13H2,1H3,(H2,20,21,23)/t16-/m0/s1. The maximum Gasteiger partial charge on any atom is 0.319 e. The van der Waals surface area contributed by atoms with Gasteiger partial charge in [0, 0.05) is 45.0 Å². The molecule has 144 valence electrons. The quantitative estimate of drug-likeness (QED) is 0.713. The van der Waals surface area contributed by atoms with Crippen LogP contribution in [-0.2, 0) is 9.47 Å². The van der Waals surface area contributed by atoms with Gasteiger partial charge in [-0.15, -0.1) is 0 Å². The second kappa shape index (κ2) is 9.70. The molecule has 0 saturated carbocycles. The second-order valence-electron chi connectivity index (χ2n) is 6.65. The summed E-state index contributed by atoms with van der Waals surface area (Å²) in [6.45, 7) is 4.69. The number of ether oxygens (including phenoxy) is 3. The minimum absolute atomic E-state index is 0.192. The molecule has 1 aromatic rings. The number of pyridine rings is 1. The van der Waals surface area contributed by atoms with Gasteiger partial charge in [-0.2, -0.15) is 0 Å². The molecule has 0 aromatic carbocycles. The van der Waals surface area contributed by atoms with Crippen molar-refractivity contribution in [1.29, 1.82) is 0 Å².